The number of likely N-dealkylation sites (N-methyl/N-ethyl adjacent to an activating group) is 3. The number of nitrogens with zero attached hydrogens (tertiary/aromatic N) is 2. The second-order valence-electron chi connectivity index (χ2n) is 7.54. The predicted molar refractivity (Wildman–Crippen MR) is 112 cm³/mol. The molecule has 0 fully saturated rings. The van der Waals surface area contributed by atoms with Crippen molar-refractivity contribution in [3.05, 3.63) is 65.7 Å². The third-order valence-corrected chi connectivity index (χ3v) is 5.73. The lowest BCUT2D eigenvalue weighted by atomic mass is 9.73. The van der Waals surface area contributed by atoms with Gasteiger partial charge in [-0.1, -0.05) is 48.5 Å². The van der Waals surface area contributed by atoms with Gasteiger partial charge in [-0.25, -0.2) is 0 Å². The van der Waals surface area contributed by atoms with Crippen LogP contribution in [0.3, 0.4) is 0 Å². The Morgan fingerprint density at radius 1 is 1.11 bits per heavy atom. The predicted octanol–water partition coefficient (Wildman–Crippen LogP) is 2.60. The molecule has 2 amide bonds. The van der Waals surface area contributed by atoms with Crippen LogP contribution in [-0.4, -0.2) is 50.9 Å². The van der Waals surface area contributed by atoms with Crippen LogP contribution >= 0.6 is 0 Å². The van der Waals surface area contributed by atoms with Crippen molar-refractivity contribution in [1.82, 2.24) is 10.2 Å². The third-order valence-electron chi connectivity index (χ3n) is 5.73. The Morgan fingerprint density at radius 3 is 2.50 bits per heavy atom. The van der Waals surface area contributed by atoms with Gasteiger partial charge in [0.1, 0.15) is 0 Å². The molecule has 28 heavy (non-hydrogen) atoms. The van der Waals surface area contributed by atoms with Crippen molar-refractivity contribution >= 4 is 17.5 Å². The van der Waals surface area contributed by atoms with E-state index in [0.717, 1.165) is 23.4 Å². The summed E-state index contributed by atoms with van der Waals surface area (Å²) in [6, 6.07) is 18.0. The van der Waals surface area contributed by atoms with Crippen LogP contribution in [0, 0.1) is 0 Å². The molecule has 1 unspecified atom stereocenters. The minimum atomic E-state index is -0.702. The smallest absolute Gasteiger partial charge is 0.237 e. The maximum atomic E-state index is 13.4. The molecule has 5 nitrogen and oxygen atoms in total. The molecule has 1 N–H and O–H groups in total. The Balaban J connectivity index is 1.91. The van der Waals surface area contributed by atoms with Crippen LogP contribution in [0.25, 0.3) is 0 Å². The molecule has 0 bridgehead atoms. The van der Waals surface area contributed by atoms with Gasteiger partial charge in [0.05, 0.1) is 5.41 Å². The number of anilines is 1. The summed E-state index contributed by atoms with van der Waals surface area (Å²) >= 11 is 0. The topological polar surface area (TPSA) is 52.7 Å². The first kappa shape index (κ1) is 20.1. The summed E-state index contributed by atoms with van der Waals surface area (Å²) in [7, 11) is 5.52. The molecule has 1 heterocycles. The van der Waals surface area contributed by atoms with E-state index in [0.29, 0.717) is 25.8 Å². The number of carbonyl (C=O) groups is 2. The molecule has 0 spiro atoms. The highest BCUT2D eigenvalue weighted by atomic mass is 16.2. The highest BCUT2D eigenvalue weighted by Crippen LogP contribution is 2.46. The number of hydrogen-bond acceptors (Lipinski definition) is 3. The fourth-order valence-electron chi connectivity index (χ4n) is 4.08. The number of amides is 2. The Bertz CT molecular complexity index is 837. The first-order valence-electron chi connectivity index (χ1n) is 9.80. The van der Waals surface area contributed by atoms with Crippen LogP contribution in [0.1, 0.15) is 24.0 Å². The van der Waals surface area contributed by atoms with Gasteiger partial charge in [0.15, 0.2) is 0 Å². The number of para-hydroxylation sites is 1. The van der Waals surface area contributed by atoms with Crippen LogP contribution in [0.15, 0.2) is 54.6 Å². The molecule has 0 saturated carbocycles. The summed E-state index contributed by atoms with van der Waals surface area (Å²) in [5, 5.41) is 3.06. The first-order valence-corrected chi connectivity index (χ1v) is 9.80. The van der Waals surface area contributed by atoms with Crippen molar-refractivity contribution in [2.75, 3.05) is 39.1 Å². The van der Waals surface area contributed by atoms with E-state index in [1.54, 1.807) is 9.80 Å². The average Bonchev–Trinajstić information content (AvgIpc) is 2.93. The third kappa shape index (κ3) is 3.80. The molecule has 2 aromatic rings. The van der Waals surface area contributed by atoms with Gasteiger partial charge in [-0.3, -0.25) is 9.59 Å². The van der Waals surface area contributed by atoms with E-state index in [1.165, 1.54) is 0 Å². The molecule has 5 heteroatoms. The number of hydrogen-bond donors (Lipinski definition) is 1. The zero-order chi connectivity index (χ0) is 20.1. The summed E-state index contributed by atoms with van der Waals surface area (Å²) in [6.45, 7) is 1.41. The van der Waals surface area contributed by atoms with Crippen molar-refractivity contribution in [1.29, 1.82) is 0 Å². The maximum Gasteiger partial charge on any atom is 0.237 e. The molecule has 0 aliphatic carbocycles. The number of rotatable bonds is 8. The number of carbonyl (C=O) groups excluding carboxylic acids is 2. The van der Waals surface area contributed by atoms with E-state index in [9.17, 15) is 9.59 Å². The second-order valence-corrected chi connectivity index (χ2v) is 7.54. The summed E-state index contributed by atoms with van der Waals surface area (Å²) in [4.78, 5) is 29.6. The highest BCUT2D eigenvalue weighted by molar-refractivity contribution is 6.08. The molecule has 0 radical (unpaired) electrons. The van der Waals surface area contributed by atoms with Crippen molar-refractivity contribution < 1.29 is 9.59 Å². The van der Waals surface area contributed by atoms with Gasteiger partial charge in [0, 0.05) is 39.3 Å². The zero-order valence-electron chi connectivity index (χ0n) is 16.9. The summed E-state index contributed by atoms with van der Waals surface area (Å²) in [6.07, 6.45) is 1.45. The second kappa shape index (κ2) is 8.57. The number of nitrogens with one attached hydrogen (secondary N) is 1. The molecule has 0 aromatic heterocycles. The molecule has 148 valence electrons. The quantitative estimate of drug-likeness (QED) is 0.767. The molecule has 3 rings (SSSR count). The lowest BCUT2D eigenvalue weighted by Gasteiger charge is -2.29. The fraction of sp³-hybridized carbons (Fsp3) is 0.391. The summed E-state index contributed by atoms with van der Waals surface area (Å²) in [5.41, 5.74) is 2.38. The van der Waals surface area contributed by atoms with Crippen LogP contribution in [0.5, 0.6) is 0 Å². The Morgan fingerprint density at radius 2 is 1.79 bits per heavy atom. The molecule has 1 aliphatic rings. The molecular weight excluding hydrogens is 350 g/mol. The fourth-order valence-corrected chi connectivity index (χ4v) is 4.08. The van der Waals surface area contributed by atoms with Crippen LogP contribution in [0.4, 0.5) is 5.69 Å². The normalized spacial score (nSPS) is 18.2. The molecule has 2 aromatic carbocycles. The molecule has 1 aliphatic heterocycles. The molecular formula is C23H29N3O2. The van der Waals surface area contributed by atoms with E-state index in [-0.39, 0.29) is 11.8 Å². The van der Waals surface area contributed by atoms with E-state index in [4.69, 9.17) is 0 Å². The molecule has 1 atom stereocenters. The average molecular weight is 380 g/mol. The number of benzene rings is 2. The van der Waals surface area contributed by atoms with E-state index < -0.39 is 5.41 Å². The van der Waals surface area contributed by atoms with Crippen molar-refractivity contribution in [2.45, 2.75) is 24.7 Å². The largest absolute Gasteiger partial charge is 0.344 e. The Hall–Kier alpha value is -2.66. The number of fused-ring (bicyclic) bond motifs is 1. The van der Waals surface area contributed by atoms with E-state index >= 15 is 0 Å². The van der Waals surface area contributed by atoms with Gasteiger partial charge in [0.2, 0.25) is 11.8 Å². The van der Waals surface area contributed by atoms with Gasteiger partial charge in [0.25, 0.3) is 0 Å². The van der Waals surface area contributed by atoms with Gasteiger partial charge >= 0.3 is 0 Å². The lowest BCUT2D eigenvalue weighted by molar-refractivity contribution is -0.130. The summed E-state index contributed by atoms with van der Waals surface area (Å²) in [5.74, 6) is 0.144. The minimum absolute atomic E-state index is 0.0718. The van der Waals surface area contributed by atoms with Gasteiger partial charge in [-0.05, 0) is 37.1 Å². The van der Waals surface area contributed by atoms with E-state index in [1.807, 2.05) is 63.6 Å². The zero-order valence-corrected chi connectivity index (χ0v) is 16.9. The van der Waals surface area contributed by atoms with Crippen LogP contribution < -0.4 is 10.2 Å². The van der Waals surface area contributed by atoms with Crippen molar-refractivity contribution in [2.24, 2.45) is 0 Å². The minimum Gasteiger partial charge on any atom is -0.344 e. The van der Waals surface area contributed by atoms with E-state index in [2.05, 4.69) is 17.4 Å². The summed E-state index contributed by atoms with van der Waals surface area (Å²) < 4.78 is 0. The van der Waals surface area contributed by atoms with Gasteiger partial charge in [-0.15, -0.1) is 0 Å². The van der Waals surface area contributed by atoms with Gasteiger partial charge in [-0.2, -0.15) is 0 Å². The van der Waals surface area contributed by atoms with Crippen LogP contribution in [-0.2, 0) is 21.4 Å². The standard InChI is InChI=1S/C23H29N3O2/c1-24-15-16-25(2)21(27)13-14-23(17-18-9-5-4-6-10-18)19-11-7-8-12-20(19)26(3)22(23)28/h4-12,24H,13-17H2,1-3H3. The lowest BCUT2D eigenvalue weighted by Crippen LogP contribution is -2.42. The Kier molecular flexibility index (Phi) is 6.15. The SMILES string of the molecule is CNCCN(C)C(=O)CCC1(Cc2ccccc2)C(=O)N(C)c2ccccc21. The highest BCUT2D eigenvalue weighted by Gasteiger charge is 2.49. The molecule has 0 saturated heterocycles. The van der Waals surface area contributed by atoms with Gasteiger partial charge < -0.3 is 15.1 Å². The van der Waals surface area contributed by atoms with Crippen molar-refractivity contribution in [3.8, 4) is 0 Å². The first-order chi connectivity index (χ1) is 13.5. The van der Waals surface area contributed by atoms with Crippen molar-refractivity contribution in [3.63, 3.8) is 0 Å². The Labute approximate surface area is 167 Å². The maximum absolute atomic E-state index is 13.4. The van der Waals surface area contributed by atoms with Crippen LogP contribution in [0.2, 0.25) is 0 Å². The monoisotopic (exact) mass is 379 g/mol.